The van der Waals surface area contributed by atoms with Gasteiger partial charge in [-0.05, 0) is 26.8 Å². The highest BCUT2D eigenvalue weighted by Crippen LogP contribution is 2.17. The lowest BCUT2D eigenvalue weighted by Crippen LogP contribution is -2.31. The highest BCUT2D eigenvalue weighted by Gasteiger charge is 2.16. The van der Waals surface area contributed by atoms with Gasteiger partial charge in [0.2, 0.25) is 5.82 Å². The number of rotatable bonds is 5. The maximum Gasteiger partial charge on any atom is 0.320 e. The Morgan fingerprint density at radius 3 is 2.57 bits per heavy atom. The Kier molecular flexibility index (Phi) is 5.28. The van der Waals surface area contributed by atoms with E-state index in [9.17, 15) is 9.18 Å². The van der Waals surface area contributed by atoms with Crippen LogP contribution in [-0.4, -0.2) is 38.5 Å². The predicted molar refractivity (Wildman–Crippen MR) is 80.6 cm³/mol. The third-order valence-corrected chi connectivity index (χ3v) is 2.72. The third kappa shape index (κ3) is 5.33. The predicted octanol–water partition coefficient (Wildman–Crippen LogP) is 1.50. The van der Waals surface area contributed by atoms with Gasteiger partial charge in [0, 0.05) is 17.7 Å². The van der Waals surface area contributed by atoms with E-state index < -0.39 is 11.4 Å². The van der Waals surface area contributed by atoms with Crippen LogP contribution in [0.25, 0.3) is 11.4 Å². The summed E-state index contributed by atoms with van der Waals surface area (Å²) in [6.45, 7) is 5.58. The van der Waals surface area contributed by atoms with Gasteiger partial charge in [-0.3, -0.25) is 4.79 Å². The molecule has 0 spiro atoms. The van der Waals surface area contributed by atoms with Crippen LogP contribution in [0.1, 0.15) is 26.3 Å². The first-order valence-electron chi connectivity index (χ1n) is 7.07. The molecule has 0 fully saturated rings. The molecule has 122 valence electrons. The van der Waals surface area contributed by atoms with Crippen LogP contribution in [0, 0.1) is 5.82 Å². The van der Waals surface area contributed by atoms with E-state index in [1.54, 1.807) is 32.9 Å². The van der Waals surface area contributed by atoms with Gasteiger partial charge in [0.25, 0.3) is 0 Å². The quantitative estimate of drug-likeness (QED) is 0.835. The molecule has 0 unspecified atom stereocenters. The Morgan fingerprint density at radius 2 is 1.96 bits per heavy atom. The van der Waals surface area contributed by atoms with Gasteiger partial charge < -0.3 is 10.1 Å². The highest BCUT2D eigenvalue weighted by atomic mass is 19.1. The Morgan fingerprint density at radius 1 is 1.26 bits per heavy atom. The number of carbonyl (C=O) groups excluding carboxylic acids is 1. The molecule has 0 atom stereocenters. The van der Waals surface area contributed by atoms with E-state index in [0.717, 1.165) is 0 Å². The molecule has 0 aliphatic rings. The second kappa shape index (κ2) is 7.19. The summed E-state index contributed by atoms with van der Waals surface area (Å²) in [5.74, 6) is -0.560. The van der Waals surface area contributed by atoms with E-state index in [-0.39, 0.29) is 24.9 Å². The first-order chi connectivity index (χ1) is 10.8. The minimum Gasteiger partial charge on any atom is -0.459 e. The van der Waals surface area contributed by atoms with Gasteiger partial charge in [0.15, 0.2) is 6.33 Å². The summed E-state index contributed by atoms with van der Waals surface area (Å²) >= 11 is 0. The zero-order valence-corrected chi connectivity index (χ0v) is 13.2. The van der Waals surface area contributed by atoms with Crippen LogP contribution in [0.5, 0.6) is 0 Å². The van der Waals surface area contributed by atoms with Gasteiger partial charge >= 0.3 is 5.97 Å². The maximum atomic E-state index is 14.1. The van der Waals surface area contributed by atoms with E-state index in [2.05, 4.69) is 25.7 Å². The molecule has 0 aliphatic heterocycles. The van der Waals surface area contributed by atoms with Gasteiger partial charge in [-0.1, -0.05) is 12.1 Å². The van der Waals surface area contributed by atoms with Gasteiger partial charge in [0.1, 0.15) is 11.4 Å². The van der Waals surface area contributed by atoms with E-state index in [4.69, 9.17) is 4.74 Å². The average Bonchev–Trinajstić information content (AvgIpc) is 2.48. The van der Waals surface area contributed by atoms with Crippen molar-refractivity contribution in [3.8, 4) is 11.4 Å². The second-order valence-electron chi connectivity index (χ2n) is 5.87. The lowest BCUT2D eigenvalue weighted by Gasteiger charge is -2.19. The molecule has 1 N–H and O–H groups in total. The molecule has 1 aromatic heterocycles. The van der Waals surface area contributed by atoms with Crippen LogP contribution >= 0.6 is 0 Å². The third-order valence-electron chi connectivity index (χ3n) is 2.72. The maximum absolute atomic E-state index is 14.1. The molecule has 2 aromatic rings. The fourth-order valence-corrected chi connectivity index (χ4v) is 1.83. The van der Waals surface area contributed by atoms with Gasteiger partial charge in [-0.25, -0.2) is 4.39 Å². The van der Waals surface area contributed by atoms with E-state index in [1.165, 1.54) is 12.4 Å². The minimum atomic E-state index is -0.538. The zero-order valence-electron chi connectivity index (χ0n) is 13.2. The number of benzene rings is 1. The second-order valence-corrected chi connectivity index (χ2v) is 5.87. The molecular formula is C15H18FN5O2. The minimum absolute atomic E-state index is 0.00803. The number of hydrogen-bond donors (Lipinski definition) is 1. The summed E-state index contributed by atoms with van der Waals surface area (Å²) in [6, 6.07) is 4.58. The SMILES string of the molecule is CC(C)(C)OC(=O)CNCc1ccc(-c2nncnn2)cc1F. The lowest BCUT2D eigenvalue weighted by atomic mass is 10.1. The fraction of sp³-hybridized carbons (Fsp3) is 0.400. The van der Waals surface area contributed by atoms with Gasteiger partial charge in [-0.15, -0.1) is 20.4 Å². The van der Waals surface area contributed by atoms with Gasteiger partial charge in [-0.2, -0.15) is 0 Å². The van der Waals surface area contributed by atoms with Crippen LogP contribution in [0.15, 0.2) is 24.5 Å². The first kappa shape index (κ1) is 16.9. The summed E-state index contributed by atoms with van der Waals surface area (Å²) in [4.78, 5) is 11.6. The molecule has 1 heterocycles. The van der Waals surface area contributed by atoms with Crippen LogP contribution < -0.4 is 5.32 Å². The molecule has 7 nitrogen and oxygen atoms in total. The lowest BCUT2D eigenvalue weighted by molar-refractivity contribution is -0.153. The standard InChI is InChI=1S/C15H18FN5O2/c1-15(2,3)23-13(22)8-17-7-11-5-4-10(6-12(11)16)14-20-18-9-19-21-14/h4-6,9,17H,7-8H2,1-3H3. The van der Waals surface area contributed by atoms with E-state index in [0.29, 0.717) is 11.1 Å². The summed E-state index contributed by atoms with van der Waals surface area (Å²) in [6.07, 6.45) is 1.20. The molecule has 0 bridgehead atoms. The van der Waals surface area contributed by atoms with Crippen LogP contribution in [0.4, 0.5) is 4.39 Å². The monoisotopic (exact) mass is 319 g/mol. The molecular weight excluding hydrogens is 301 g/mol. The Bertz CT molecular complexity index is 673. The number of halogens is 1. The number of esters is 1. The van der Waals surface area contributed by atoms with Crippen molar-refractivity contribution in [2.24, 2.45) is 0 Å². The fourth-order valence-electron chi connectivity index (χ4n) is 1.83. The van der Waals surface area contributed by atoms with E-state index in [1.807, 2.05) is 0 Å². The largest absolute Gasteiger partial charge is 0.459 e. The van der Waals surface area contributed by atoms with Gasteiger partial charge in [0.05, 0.1) is 6.54 Å². The summed E-state index contributed by atoms with van der Waals surface area (Å²) < 4.78 is 19.2. The van der Waals surface area contributed by atoms with Crippen molar-refractivity contribution in [3.05, 3.63) is 35.9 Å². The average molecular weight is 319 g/mol. The number of carbonyl (C=O) groups is 1. The smallest absolute Gasteiger partial charge is 0.320 e. The number of hydrogen-bond acceptors (Lipinski definition) is 7. The first-order valence-corrected chi connectivity index (χ1v) is 7.07. The Hall–Kier alpha value is -2.48. The molecule has 1 aromatic carbocycles. The number of ether oxygens (including phenoxy) is 1. The molecule has 23 heavy (non-hydrogen) atoms. The Labute approximate surface area is 133 Å². The number of nitrogens with one attached hydrogen (secondary N) is 1. The summed E-state index contributed by atoms with van der Waals surface area (Å²) in [7, 11) is 0. The summed E-state index contributed by atoms with van der Waals surface area (Å²) in [5, 5.41) is 17.6. The van der Waals surface area contributed by atoms with Crippen LogP contribution in [0.2, 0.25) is 0 Å². The topological polar surface area (TPSA) is 89.9 Å². The molecule has 0 radical (unpaired) electrons. The molecule has 0 amide bonds. The van der Waals surface area contributed by atoms with Crippen LogP contribution in [0.3, 0.4) is 0 Å². The highest BCUT2D eigenvalue weighted by molar-refractivity contribution is 5.72. The van der Waals surface area contributed by atoms with Crippen molar-refractivity contribution in [3.63, 3.8) is 0 Å². The molecule has 0 aliphatic carbocycles. The van der Waals surface area contributed by atoms with Crippen molar-refractivity contribution in [2.75, 3.05) is 6.54 Å². The Balaban J connectivity index is 1.93. The van der Waals surface area contributed by atoms with Crippen LogP contribution in [-0.2, 0) is 16.1 Å². The molecule has 0 saturated heterocycles. The van der Waals surface area contributed by atoms with Crippen molar-refractivity contribution in [1.29, 1.82) is 0 Å². The molecule has 8 heteroatoms. The number of aromatic nitrogens is 4. The normalized spacial score (nSPS) is 11.3. The molecule has 2 rings (SSSR count). The van der Waals surface area contributed by atoms with Crippen molar-refractivity contribution < 1.29 is 13.9 Å². The van der Waals surface area contributed by atoms with E-state index >= 15 is 0 Å². The number of nitrogens with zero attached hydrogens (tertiary/aromatic N) is 4. The summed E-state index contributed by atoms with van der Waals surface area (Å²) in [5.41, 5.74) is 0.372. The van der Waals surface area contributed by atoms with Crippen molar-refractivity contribution in [1.82, 2.24) is 25.7 Å². The van der Waals surface area contributed by atoms with Crippen molar-refractivity contribution >= 4 is 5.97 Å². The molecule has 0 saturated carbocycles. The zero-order chi connectivity index (χ0) is 16.9. The van der Waals surface area contributed by atoms with Crippen molar-refractivity contribution in [2.45, 2.75) is 32.9 Å².